The Bertz CT molecular complexity index is 502. The Balaban J connectivity index is 3.45. The maximum atomic E-state index is 11.6. The summed E-state index contributed by atoms with van der Waals surface area (Å²) in [7, 11) is 3.55. The van der Waals surface area contributed by atoms with Crippen molar-refractivity contribution in [3.63, 3.8) is 0 Å². The molecule has 0 amide bonds. The number of esters is 2. The zero-order chi connectivity index (χ0) is 13.9. The van der Waals surface area contributed by atoms with Gasteiger partial charge < -0.3 is 14.2 Å². The van der Waals surface area contributed by atoms with Gasteiger partial charge >= 0.3 is 18.0 Å². The van der Waals surface area contributed by atoms with Gasteiger partial charge in [0, 0.05) is 11.9 Å². The predicted octanol–water partition coefficient (Wildman–Crippen LogP) is 0.984. The summed E-state index contributed by atoms with van der Waals surface area (Å²) in [5, 5.41) is 0. The van der Waals surface area contributed by atoms with Gasteiger partial charge in [0.2, 0.25) is 0 Å². The summed E-state index contributed by atoms with van der Waals surface area (Å²) in [5.74, 6) is -1.46. The Hall–Kier alpha value is -2.31. The molecule has 0 radical (unpaired) electrons. The van der Waals surface area contributed by atoms with E-state index in [1.165, 1.54) is 34.4 Å². The Labute approximate surface area is 103 Å². The van der Waals surface area contributed by atoms with Crippen LogP contribution >= 0.6 is 0 Å². The van der Waals surface area contributed by atoms with Crippen molar-refractivity contribution >= 4 is 18.0 Å². The minimum Gasteiger partial charge on any atom is -0.465 e. The van der Waals surface area contributed by atoms with Gasteiger partial charge in [-0.3, -0.25) is 4.57 Å². The molecule has 1 aromatic heterocycles. The molecule has 0 atom stereocenters. The van der Waals surface area contributed by atoms with Gasteiger partial charge in [-0.05, 0) is 6.92 Å². The molecule has 0 fully saturated rings. The zero-order valence-electron chi connectivity index (χ0n) is 10.5. The van der Waals surface area contributed by atoms with E-state index in [-0.39, 0.29) is 16.8 Å². The first-order valence-electron chi connectivity index (χ1n) is 4.94. The van der Waals surface area contributed by atoms with Gasteiger partial charge in [-0.25, -0.2) is 14.4 Å². The molecular weight excluding hydrogens is 242 g/mol. The maximum Gasteiger partial charge on any atom is 0.417 e. The van der Waals surface area contributed by atoms with Crippen molar-refractivity contribution in [1.29, 1.82) is 0 Å². The van der Waals surface area contributed by atoms with Gasteiger partial charge in [-0.15, -0.1) is 0 Å². The van der Waals surface area contributed by atoms with Crippen LogP contribution in [0.25, 0.3) is 0 Å². The third-order valence-corrected chi connectivity index (χ3v) is 2.42. The number of rotatable bonds is 2. The number of carbonyl (C=O) groups excluding carboxylic acids is 3. The average molecular weight is 255 g/mol. The van der Waals surface area contributed by atoms with Crippen LogP contribution in [0.1, 0.15) is 26.4 Å². The highest BCUT2D eigenvalue weighted by molar-refractivity contribution is 6.05. The van der Waals surface area contributed by atoms with Crippen LogP contribution in [0, 0.1) is 6.92 Å². The Morgan fingerprint density at radius 3 is 2.00 bits per heavy atom. The van der Waals surface area contributed by atoms with Crippen LogP contribution in [0.2, 0.25) is 0 Å². The lowest BCUT2D eigenvalue weighted by molar-refractivity contribution is 0.0556. The molecule has 98 valence electrons. The van der Waals surface area contributed by atoms with Gasteiger partial charge in [0.05, 0.1) is 32.5 Å². The van der Waals surface area contributed by atoms with E-state index in [4.69, 9.17) is 0 Å². The molecule has 0 aliphatic rings. The summed E-state index contributed by atoms with van der Waals surface area (Å²) >= 11 is 0. The molecule has 18 heavy (non-hydrogen) atoms. The van der Waals surface area contributed by atoms with Crippen molar-refractivity contribution in [2.45, 2.75) is 6.92 Å². The van der Waals surface area contributed by atoms with Gasteiger partial charge in [-0.2, -0.15) is 0 Å². The van der Waals surface area contributed by atoms with Crippen molar-refractivity contribution in [3.8, 4) is 0 Å². The summed E-state index contributed by atoms with van der Waals surface area (Å²) in [4.78, 5) is 34.6. The van der Waals surface area contributed by atoms with Crippen molar-refractivity contribution in [2.24, 2.45) is 0 Å². The molecule has 0 aliphatic heterocycles. The first-order chi connectivity index (χ1) is 8.47. The predicted molar refractivity (Wildman–Crippen MR) is 59.7 cm³/mol. The molecule has 0 spiro atoms. The number of carbonyl (C=O) groups is 3. The van der Waals surface area contributed by atoms with Crippen LogP contribution in [0.3, 0.4) is 0 Å². The third-order valence-electron chi connectivity index (χ3n) is 2.42. The minimum absolute atomic E-state index is 0.0187. The van der Waals surface area contributed by atoms with Gasteiger partial charge in [0.1, 0.15) is 0 Å². The lowest BCUT2D eigenvalue weighted by atomic mass is 10.1. The van der Waals surface area contributed by atoms with Crippen LogP contribution in [-0.4, -0.2) is 43.9 Å². The number of aromatic nitrogens is 1. The normalized spacial score (nSPS) is 9.78. The van der Waals surface area contributed by atoms with Crippen LogP contribution in [0.15, 0.2) is 6.20 Å². The Morgan fingerprint density at radius 2 is 1.56 bits per heavy atom. The van der Waals surface area contributed by atoms with Crippen molar-refractivity contribution in [1.82, 2.24) is 4.57 Å². The highest BCUT2D eigenvalue weighted by Gasteiger charge is 2.27. The third kappa shape index (κ3) is 2.20. The monoisotopic (exact) mass is 255 g/mol. The zero-order valence-corrected chi connectivity index (χ0v) is 10.5. The second-order valence-corrected chi connectivity index (χ2v) is 3.33. The van der Waals surface area contributed by atoms with Crippen molar-refractivity contribution < 1.29 is 28.6 Å². The molecule has 0 aromatic carbocycles. The topological polar surface area (TPSA) is 83.8 Å². The average Bonchev–Trinajstić information content (AvgIpc) is 2.73. The van der Waals surface area contributed by atoms with Crippen LogP contribution < -0.4 is 0 Å². The van der Waals surface area contributed by atoms with E-state index >= 15 is 0 Å². The van der Waals surface area contributed by atoms with Gasteiger partial charge in [0.25, 0.3) is 0 Å². The molecule has 7 heteroatoms. The summed E-state index contributed by atoms with van der Waals surface area (Å²) < 4.78 is 14.7. The van der Waals surface area contributed by atoms with Gasteiger partial charge in [0.15, 0.2) is 0 Å². The highest BCUT2D eigenvalue weighted by Crippen LogP contribution is 2.19. The molecule has 1 heterocycles. The molecule has 0 N–H and O–H groups in total. The fraction of sp³-hybridized carbons (Fsp3) is 0.364. The first-order valence-corrected chi connectivity index (χ1v) is 4.94. The SMILES string of the molecule is COC(=O)c1cn(C(=O)OC)c(C)c1C(=O)OC. The largest absolute Gasteiger partial charge is 0.465 e. The van der Waals surface area contributed by atoms with Crippen molar-refractivity contribution in [2.75, 3.05) is 21.3 Å². The fourth-order valence-electron chi connectivity index (χ4n) is 1.52. The number of hydrogen-bond acceptors (Lipinski definition) is 6. The number of methoxy groups -OCH3 is 3. The van der Waals surface area contributed by atoms with E-state index in [2.05, 4.69) is 14.2 Å². The summed E-state index contributed by atoms with van der Waals surface area (Å²) in [5.41, 5.74) is 0.177. The Kier molecular flexibility index (Phi) is 4.09. The summed E-state index contributed by atoms with van der Waals surface area (Å²) in [6.07, 6.45) is 0.465. The van der Waals surface area contributed by atoms with Crippen LogP contribution in [0.4, 0.5) is 4.79 Å². The lowest BCUT2D eigenvalue weighted by Gasteiger charge is -2.03. The maximum absolute atomic E-state index is 11.6. The Morgan fingerprint density at radius 1 is 1.00 bits per heavy atom. The van der Waals surface area contributed by atoms with E-state index in [0.29, 0.717) is 0 Å². The second kappa shape index (κ2) is 5.35. The molecule has 1 rings (SSSR count). The smallest absolute Gasteiger partial charge is 0.417 e. The molecule has 1 aromatic rings. The fourth-order valence-corrected chi connectivity index (χ4v) is 1.52. The molecular formula is C11H13NO6. The quantitative estimate of drug-likeness (QED) is 0.578. The van der Waals surface area contributed by atoms with Crippen LogP contribution in [-0.2, 0) is 14.2 Å². The molecule has 0 bridgehead atoms. The lowest BCUT2D eigenvalue weighted by Crippen LogP contribution is -2.13. The second-order valence-electron chi connectivity index (χ2n) is 3.33. The summed E-state index contributed by atoms with van der Waals surface area (Å²) in [6, 6.07) is 0. The minimum atomic E-state index is -0.735. The van der Waals surface area contributed by atoms with Crippen LogP contribution in [0.5, 0.6) is 0 Å². The van der Waals surface area contributed by atoms with Gasteiger partial charge in [-0.1, -0.05) is 0 Å². The van der Waals surface area contributed by atoms with E-state index in [0.717, 1.165) is 4.57 Å². The standard InChI is InChI=1S/C11H13NO6/c1-6-8(10(14)17-3)7(9(13)16-2)5-12(6)11(15)18-4/h5H,1-4H3. The molecule has 7 nitrogen and oxygen atoms in total. The number of hydrogen-bond donors (Lipinski definition) is 0. The van der Waals surface area contributed by atoms with E-state index in [9.17, 15) is 14.4 Å². The van der Waals surface area contributed by atoms with Crippen molar-refractivity contribution in [3.05, 3.63) is 23.0 Å². The molecule has 0 unspecified atom stereocenters. The highest BCUT2D eigenvalue weighted by atomic mass is 16.5. The molecule has 0 saturated heterocycles. The first kappa shape index (κ1) is 13.8. The molecule has 0 aliphatic carbocycles. The number of nitrogens with zero attached hydrogens (tertiary/aromatic N) is 1. The number of ether oxygens (including phenoxy) is 3. The van der Waals surface area contributed by atoms with E-state index < -0.39 is 18.0 Å². The van der Waals surface area contributed by atoms with E-state index in [1.807, 2.05) is 0 Å². The summed E-state index contributed by atoms with van der Waals surface area (Å²) in [6.45, 7) is 1.50. The molecule has 0 saturated carbocycles. The van der Waals surface area contributed by atoms with E-state index in [1.54, 1.807) is 0 Å².